The van der Waals surface area contributed by atoms with Crippen molar-refractivity contribution < 1.29 is 23.5 Å². The Morgan fingerprint density at radius 3 is 2.34 bits per heavy atom. The number of nitrogens with zero attached hydrogens (tertiary/aromatic N) is 1. The SMILES string of the molecule is CC(C)O[C@@H]1C=CC(NC(=O)[C@H](CCc2ccccc2)NC(=O)C(N)CC(=O)N(CCN)CCN)=C(F)C1. The second-order valence-corrected chi connectivity index (χ2v) is 9.45. The number of allylic oxidation sites excluding steroid dienone is 1. The van der Waals surface area contributed by atoms with E-state index in [2.05, 4.69) is 10.6 Å². The van der Waals surface area contributed by atoms with Gasteiger partial charge in [-0.3, -0.25) is 14.4 Å². The number of aryl methyl sites for hydroxylation is 1. The van der Waals surface area contributed by atoms with Gasteiger partial charge in [-0.2, -0.15) is 0 Å². The highest BCUT2D eigenvalue weighted by molar-refractivity contribution is 5.93. The van der Waals surface area contributed by atoms with Crippen LogP contribution in [0.5, 0.6) is 0 Å². The van der Waals surface area contributed by atoms with Gasteiger partial charge in [0.15, 0.2) is 0 Å². The summed E-state index contributed by atoms with van der Waals surface area (Å²) in [7, 11) is 0. The van der Waals surface area contributed by atoms with E-state index in [4.69, 9.17) is 21.9 Å². The topological polar surface area (TPSA) is 166 Å². The lowest BCUT2D eigenvalue weighted by atomic mass is 10.0. The fourth-order valence-corrected chi connectivity index (χ4v) is 4.01. The number of carbonyl (C=O) groups excluding carboxylic acids is 3. The number of nitrogens with one attached hydrogen (secondary N) is 2. The lowest BCUT2D eigenvalue weighted by Gasteiger charge is -2.25. The zero-order valence-electron chi connectivity index (χ0n) is 22.2. The maximum Gasteiger partial charge on any atom is 0.247 e. The highest BCUT2D eigenvalue weighted by Crippen LogP contribution is 2.22. The summed E-state index contributed by atoms with van der Waals surface area (Å²) >= 11 is 0. The molecule has 38 heavy (non-hydrogen) atoms. The molecule has 10 nitrogen and oxygen atoms in total. The molecule has 3 atom stereocenters. The highest BCUT2D eigenvalue weighted by atomic mass is 19.1. The highest BCUT2D eigenvalue weighted by Gasteiger charge is 2.28. The van der Waals surface area contributed by atoms with Crippen LogP contribution >= 0.6 is 0 Å². The van der Waals surface area contributed by atoms with Gasteiger partial charge >= 0.3 is 0 Å². The summed E-state index contributed by atoms with van der Waals surface area (Å²) in [6.07, 6.45) is 3.12. The van der Waals surface area contributed by atoms with E-state index in [0.717, 1.165) is 5.56 Å². The van der Waals surface area contributed by atoms with Gasteiger partial charge in [-0.05, 0) is 38.3 Å². The molecule has 0 saturated heterocycles. The number of ether oxygens (including phenoxy) is 1. The monoisotopic (exact) mass is 532 g/mol. The van der Waals surface area contributed by atoms with Gasteiger partial charge in [0.1, 0.15) is 11.9 Å². The van der Waals surface area contributed by atoms with Gasteiger partial charge in [0.25, 0.3) is 0 Å². The molecule has 0 aromatic heterocycles. The molecule has 1 aromatic rings. The average Bonchev–Trinajstić information content (AvgIpc) is 2.87. The molecule has 0 saturated carbocycles. The molecular weight excluding hydrogens is 491 g/mol. The Kier molecular flexibility index (Phi) is 13.1. The van der Waals surface area contributed by atoms with Crippen molar-refractivity contribution in [3.05, 3.63) is 59.6 Å². The summed E-state index contributed by atoms with van der Waals surface area (Å²) in [4.78, 5) is 40.1. The number of hydrogen-bond donors (Lipinski definition) is 5. The molecule has 2 rings (SSSR count). The summed E-state index contributed by atoms with van der Waals surface area (Å²) in [5.41, 5.74) is 18.1. The Morgan fingerprint density at radius 1 is 1.11 bits per heavy atom. The predicted octanol–water partition coefficient (Wildman–Crippen LogP) is 0.618. The predicted molar refractivity (Wildman–Crippen MR) is 144 cm³/mol. The van der Waals surface area contributed by atoms with Crippen molar-refractivity contribution >= 4 is 17.7 Å². The summed E-state index contributed by atoms with van der Waals surface area (Å²) < 4.78 is 20.3. The van der Waals surface area contributed by atoms with Crippen molar-refractivity contribution in [2.24, 2.45) is 17.2 Å². The van der Waals surface area contributed by atoms with E-state index in [1.54, 1.807) is 6.08 Å². The van der Waals surface area contributed by atoms with Crippen LogP contribution in [0.25, 0.3) is 0 Å². The van der Waals surface area contributed by atoms with E-state index in [0.29, 0.717) is 19.5 Å². The van der Waals surface area contributed by atoms with Gasteiger partial charge in [0, 0.05) is 32.6 Å². The van der Waals surface area contributed by atoms with Crippen molar-refractivity contribution in [1.29, 1.82) is 0 Å². The summed E-state index contributed by atoms with van der Waals surface area (Å²) in [6.45, 7) is 4.81. The minimum atomic E-state index is -1.19. The number of carbonyl (C=O) groups is 3. The lowest BCUT2D eigenvalue weighted by Crippen LogP contribution is -2.53. The molecule has 0 fully saturated rings. The van der Waals surface area contributed by atoms with Gasteiger partial charge in [0.2, 0.25) is 17.7 Å². The molecule has 1 aliphatic rings. The molecule has 0 aliphatic heterocycles. The van der Waals surface area contributed by atoms with E-state index in [1.807, 2.05) is 44.2 Å². The molecule has 0 bridgehead atoms. The average molecular weight is 533 g/mol. The number of rotatable bonds is 15. The molecule has 210 valence electrons. The fraction of sp³-hybridized carbons (Fsp3) is 0.519. The standard InChI is InChI=1S/C27H41FN6O4/c1-18(2)38-20-9-11-23(21(28)16-20)32-27(37)24(10-8-19-6-4-3-5-7-19)33-26(36)22(31)17-25(35)34(14-12-29)15-13-30/h3-7,9,11,18,20,22,24H,8,10,12-17,29-31H2,1-2H3,(H,32,37)(H,33,36)/t20-,22?,24+/m1/s1. The van der Waals surface area contributed by atoms with Crippen molar-refractivity contribution in [2.45, 2.75) is 63.8 Å². The van der Waals surface area contributed by atoms with Crippen molar-refractivity contribution in [3.8, 4) is 0 Å². The van der Waals surface area contributed by atoms with Gasteiger partial charge in [-0.1, -0.05) is 36.4 Å². The van der Waals surface area contributed by atoms with Crippen LogP contribution in [0.15, 0.2) is 54.0 Å². The van der Waals surface area contributed by atoms with Crippen molar-refractivity contribution in [3.63, 3.8) is 0 Å². The van der Waals surface area contributed by atoms with Gasteiger partial charge < -0.3 is 37.5 Å². The first-order valence-electron chi connectivity index (χ1n) is 13.0. The third-order valence-corrected chi connectivity index (χ3v) is 5.93. The molecule has 1 unspecified atom stereocenters. The normalized spacial score (nSPS) is 16.8. The Morgan fingerprint density at radius 2 is 1.76 bits per heavy atom. The second-order valence-electron chi connectivity index (χ2n) is 9.45. The number of amides is 3. The number of halogens is 1. The fourth-order valence-electron chi connectivity index (χ4n) is 4.01. The molecular formula is C27H41FN6O4. The first kappa shape index (κ1) is 31.1. The van der Waals surface area contributed by atoms with Crippen LogP contribution in [0, 0.1) is 0 Å². The van der Waals surface area contributed by atoms with Crippen LogP contribution in [-0.2, 0) is 25.5 Å². The van der Waals surface area contributed by atoms with E-state index >= 15 is 0 Å². The molecule has 1 aliphatic carbocycles. The Bertz CT molecular complexity index is 979. The van der Waals surface area contributed by atoms with E-state index in [1.165, 1.54) is 11.0 Å². The minimum Gasteiger partial charge on any atom is -0.371 e. The summed E-state index contributed by atoms with van der Waals surface area (Å²) in [6, 6.07) is 7.25. The van der Waals surface area contributed by atoms with Crippen LogP contribution in [0.2, 0.25) is 0 Å². The van der Waals surface area contributed by atoms with Crippen LogP contribution in [0.4, 0.5) is 4.39 Å². The van der Waals surface area contributed by atoms with E-state index < -0.39 is 35.8 Å². The minimum absolute atomic E-state index is 0.000417. The molecule has 0 heterocycles. The second kappa shape index (κ2) is 16.0. The number of nitrogens with two attached hydrogens (primary N) is 3. The van der Waals surface area contributed by atoms with Gasteiger partial charge in [-0.15, -0.1) is 0 Å². The Balaban J connectivity index is 2.09. The van der Waals surface area contributed by atoms with Gasteiger partial charge in [-0.25, -0.2) is 4.39 Å². The molecule has 8 N–H and O–H groups in total. The molecule has 0 radical (unpaired) electrons. The van der Waals surface area contributed by atoms with Crippen molar-refractivity contribution in [1.82, 2.24) is 15.5 Å². The molecule has 0 spiro atoms. The van der Waals surface area contributed by atoms with Crippen LogP contribution in [0.1, 0.15) is 38.7 Å². The van der Waals surface area contributed by atoms with Crippen LogP contribution < -0.4 is 27.8 Å². The van der Waals surface area contributed by atoms with Crippen LogP contribution in [-0.4, -0.2) is 73.1 Å². The molecule has 11 heteroatoms. The largest absolute Gasteiger partial charge is 0.371 e. The first-order valence-corrected chi connectivity index (χ1v) is 13.0. The molecule has 1 aromatic carbocycles. The number of hydrogen-bond acceptors (Lipinski definition) is 7. The smallest absolute Gasteiger partial charge is 0.247 e. The van der Waals surface area contributed by atoms with E-state index in [-0.39, 0.29) is 50.1 Å². The third kappa shape index (κ3) is 10.3. The van der Waals surface area contributed by atoms with Gasteiger partial charge in [0.05, 0.1) is 30.4 Å². The maximum atomic E-state index is 14.7. The number of benzene rings is 1. The Labute approximate surface area is 223 Å². The van der Waals surface area contributed by atoms with E-state index in [9.17, 15) is 18.8 Å². The quantitative estimate of drug-likeness (QED) is 0.221. The summed E-state index contributed by atoms with van der Waals surface area (Å²) in [5, 5.41) is 5.22. The summed E-state index contributed by atoms with van der Waals surface area (Å²) in [5.74, 6) is -2.11. The van der Waals surface area contributed by atoms with Crippen molar-refractivity contribution in [2.75, 3.05) is 26.2 Å². The maximum absolute atomic E-state index is 14.7. The zero-order chi connectivity index (χ0) is 28.1. The lowest BCUT2D eigenvalue weighted by molar-refractivity contribution is -0.135. The van der Waals surface area contributed by atoms with Crippen LogP contribution in [0.3, 0.4) is 0 Å². The molecule has 3 amide bonds. The zero-order valence-corrected chi connectivity index (χ0v) is 22.2. The third-order valence-electron chi connectivity index (χ3n) is 5.93. The first-order chi connectivity index (χ1) is 18.1. The Hall–Kier alpha value is -3.12.